The number of amides is 1. The molecule has 0 bridgehead atoms. The summed E-state index contributed by atoms with van der Waals surface area (Å²) in [6.45, 7) is 4.37. The van der Waals surface area contributed by atoms with E-state index in [0.29, 0.717) is 36.0 Å². The van der Waals surface area contributed by atoms with E-state index in [9.17, 15) is 13.2 Å². The Hall–Kier alpha value is -1.78. The summed E-state index contributed by atoms with van der Waals surface area (Å²) in [5.41, 5.74) is 0. The van der Waals surface area contributed by atoms with Crippen molar-refractivity contribution in [1.82, 2.24) is 19.3 Å². The summed E-state index contributed by atoms with van der Waals surface area (Å²) in [5, 5.41) is 5.52. The minimum Gasteiger partial charge on any atom is -0.337 e. The van der Waals surface area contributed by atoms with Gasteiger partial charge in [0.05, 0.1) is 0 Å². The maximum Gasteiger partial charge on any atom is 0.252 e. The van der Waals surface area contributed by atoms with E-state index in [-0.39, 0.29) is 18.3 Å². The maximum absolute atomic E-state index is 12.9. The molecule has 1 aliphatic heterocycles. The average Bonchev–Trinajstić information content (AvgIpc) is 3.22. The van der Waals surface area contributed by atoms with Crippen LogP contribution in [-0.4, -0.2) is 53.3 Å². The van der Waals surface area contributed by atoms with Gasteiger partial charge in [0.2, 0.25) is 5.91 Å². The zero-order valence-electron chi connectivity index (χ0n) is 14.1. The second-order valence-corrected chi connectivity index (χ2v) is 8.90. The number of carbonyl (C=O) groups excluding carboxylic acids is 1. The lowest BCUT2D eigenvalue weighted by Gasteiger charge is -2.28. The highest BCUT2D eigenvalue weighted by Gasteiger charge is 2.37. The van der Waals surface area contributed by atoms with Gasteiger partial charge in [0.25, 0.3) is 15.9 Å². The molecule has 0 N–H and O–H groups in total. The second-order valence-electron chi connectivity index (χ2n) is 5.79. The molecule has 136 valence electrons. The third kappa shape index (κ3) is 3.60. The number of nitrogens with zero attached hydrogens (tertiary/aromatic N) is 4. The summed E-state index contributed by atoms with van der Waals surface area (Å²) in [4.78, 5) is 18.2. The highest BCUT2D eigenvalue weighted by Crippen LogP contribution is 2.29. The molecule has 2 aromatic rings. The Labute approximate surface area is 150 Å². The molecule has 3 rings (SSSR count). The van der Waals surface area contributed by atoms with Gasteiger partial charge < -0.3 is 9.42 Å². The van der Waals surface area contributed by atoms with Gasteiger partial charge in [0.15, 0.2) is 5.82 Å². The van der Waals surface area contributed by atoms with Crippen molar-refractivity contribution in [2.75, 3.05) is 19.6 Å². The van der Waals surface area contributed by atoms with Crippen LogP contribution in [-0.2, 0) is 14.8 Å². The Morgan fingerprint density at radius 3 is 2.84 bits per heavy atom. The van der Waals surface area contributed by atoms with E-state index in [4.69, 9.17) is 4.52 Å². The Morgan fingerprint density at radius 1 is 1.44 bits per heavy atom. The second kappa shape index (κ2) is 7.22. The van der Waals surface area contributed by atoms with Crippen molar-refractivity contribution in [3.63, 3.8) is 0 Å². The third-order valence-electron chi connectivity index (χ3n) is 4.10. The topological polar surface area (TPSA) is 96.6 Å². The van der Waals surface area contributed by atoms with Crippen LogP contribution in [0.3, 0.4) is 0 Å². The van der Waals surface area contributed by atoms with E-state index >= 15 is 0 Å². The Balaban J connectivity index is 1.96. The maximum atomic E-state index is 12.9. The number of thiophene rings is 1. The molecule has 0 spiro atoms. The zero-order chi connectivity index (χ0) is 18.0. The van der Waals surface area contributed by atoms with Crippen LogP contribution in [0, 0.1) is 6.92 Å². The number of rotatable bonds is 4. The predicted octanol–water partition coefficient (Wildman–Crippen LogP) is 1.81. The molecule has 0 radical (unpaired) electrons. The molecule has 3 heterocycles. The first-order valence-electron chi connectivity index (χ1n) is 8.06. The fraction of sp³-hybridized carbons (Fsp3) is 0.533. The normalized spacial score (nSPS) is 19.8. The summed E-state index contributed by atoms with van der Waals surface area (Å²) in [6.07, 6.45) is 0.890. The van der Waals surface area contributed by atoms with Crippen LogP contribution in [0.25, 0.3) is 0 Å². The molecule has 1 unspecified atom stereocenters. The Bertz CT molecular complexity index is 832. The van der Waals surface area contributed by atoms with Gasteiger partial charge in [-0.25, -0.2) is 8.42 Å². The number of aryl methyl sites for hydroxylation is 1. The summed E-state index contributed by atoms with van der Waals surface area (Å²) in [5.74, 6) is 0.666. The molecule has 0 saturated carbocycles. The van der Waals surface area contributed by atoms with Gasteiger partial charge in [-0.15, -0.1) is 11.3 Å². The molecule has 0 aliphatic carbocycles. The fourth-order valence-electron chi connectivity index (χ4n) is 2.87. The molecule has 1 fully saturated rings. The Morgan fingerprint density at radius 2 is 2.24 bits per heavy atom. The zero-order valence-corrected chi connectivity index (χ0v) is 15.7. The number of carbonyl (C=O) groups is 1. The standard InChI is InChI=1S/C15H20N4O4S2/c1-3-13(20)19-8-5-7-18(25(21,22)14-6-4-9-24-14)10-12(19)15-16-11(2)17-23-15/h4,6,9,12H,3,5,7-8,10H2,1-2H3. The average molecular weight is 384 g/mol. The van der Waals surface area contributed by atoms with Gasteiger partial charge in [-0.1, -0.05) is 18.1 Å². The summed E-state index contributed by atoms with van der Waals surface area (Å²) in [6, 6.07) is 2.72. The minimum absolute atomic E-state index is 0.0591. The van der Waals surface area contributed by atoms with Gasteiger partial charge in [-0.3, -0.25) is 4.79 Å². The van der Waals surface area contributed by atoms with E-state index in [2.05, 4.69) is 10.1 Å². The number of sulfonamides is 1. The predicted molar refractivity (Wildman–Crippen MR) is 91.5 cm³/mol. The molecule has 25 heavy (non-hydrogen) atoms. The van der Waals surface area contributed by atoms with Crippen LogP contribution in [0.4, 0.5) is 0 Å². The molecule has 10 heteroatoms. The van der Waals surface area contributed by atoms with Crippen LogP contribution in [0.2, 0.25) is 0 Å². The first-order chi connectivity index (χ1) is 11.9. The van der Waals surface area contributed by atoms with Crippen molar-refractivity contribution in [2.45, 2.75) is 36.9 Å². The molecule has 1 atom stereocenters. The SMILES string of the molecule is CCC(=O)N1CCCN(S(=O)(=O)c2cccs2)CC1c1nc(C)no1. The molecule has 0 aromatic carbocycles. The lowest BCUT2D eigenvalue weighted by molar-refractivity contribution is -0.133. The van der Waals surface area contributed by atoms with Crippen molar-refractivity contribution < 1.29 is 17.7 Å². The molecule has 1 amide bonds. The third-order valence-corrected chi connectivity index (χ3v) is 7.34. The van der Waals surface area contributed by atoms with Crippen LogP contribution in [0.1, 0.15) is 37.5 Å². The largest absolute Gasteiger partial charge is 0.337 e. The van der Waals surface area contributed by atoms with Crippen molar-refractivity contribution in [3.8, 4) is 0 Å². The molecule has 1 saturated heterocycles. The van der Waals surface area contributed by atoms with Gasteiger partial charge in [-0.2, -0.15) is 9.29 Å². The monoisotopic (exact) mass is 384 g/mol. The van der Waals surface area contributed by atoms with Crippen LogP contribution >= 0.6 is 11.3 Å². The Kier molecular flexibility index (Phi) is 5.21. The van der Waals surface area contributed by atoms with Crippen molar-refractivity contribution in [2.24, 2.45) is 0 Å². The van der Waals surface area contributed by atoms with E-state index in [1.165, 1.54) is 15.6 Å². The summed E-state index contributed by atoms with van der Waals surface area (Å²) >= 11 is 1.18. The van der Waals surface area contributed by atoms with E-state index < -0.39 is 16.1 Å². The van der Waals surface area contributed by atoms with Crippen molar-refractivity contribution in [3.05, 3.63) is 29.2 Å². The van der Waals surface area contributed by atoms with Crippen LogP contribution < -0.4 is 0 Å². The summed E-state index contributed by atoms with van der Waals surface area (Å²) < 4.78 is 32.8. The van der Waals surface area contributed by atoms with Gasteiger partial charge >= 0.3 is 0 Å². The lowest BCUT2D eigenvalue weighted by atomic mass is 10.2. The van der Waals surface area contributed by atoms with E-state index in [1.54, 1.807) is 36.3 Å². The molecule has 1 aliphatic rings. The first kappa shape index (κ1) is 18.0. The highest BCUT2D eigenvalue weighted by molar-refractivity contribution is 7.91. The van der Waals surface area contributed by atoms with Gasteiger partial charge in [0.1, 0.15) is 10.3 Å². The molecule has 8 nitrogen and oxygen atoms in total. The van der Waals surface area contributed by atoms with Crippen molar-refractivity contribution in [1.29, 1.82) is 0 Å². The lowest BCUT2D eigenvalue weighted by Crippen LogP contribution is -2.40. The van der Waals surface area contributed by atoms with Gasteiger partial charge in [-0.05, 0) is 24.8 Å². The first-order valence-corrected chi connectivity index (χ1v) is 10.4. The molecular weight excluding hydrogens is 364 g/mol. The van der Waals surface area contributed by atoms with E-state index in [0.717, 1.165) is 0 Å². The smallest absolute Gasteiger partial charge is 0.252 e. The highest BCUT2D eigenvalue weighted by atomic mass is 32.2. The number of aromatic nitrogens is 2. The molecular formula is C15H20N4O4S2. The quantitative estimate of drug-likeness (QED) is 0.798. The minimum atomic E-state index is -3.61. The van der Waals surface area contributed by atoms with E-state index in [1.807, 2.05) is 0 Å². The van der Waals surface area contributed by atoms with Crippen molar-refractivity contribution >= 4 is 27.3 Å². The number of hydrogen-bond donors (Lipinski definition) is 0. The van der Waals surface area contributed by atoms with Crippen LogP contribution in [0.15, 0.2) is 26.2 Å². The summed E-state index contributed by atoms with van der Waals surface area (Å²) in [7, 11) is -3.61. The molecule has 2 aromatic heterocycles. The van der Waals surface area contributed by atoms with Crippen LogP contribution in [0.5, 0.6) is 0 Å². The number of hydrogen-bond acceptors (Lipinski definition) is 7. The van der Waals surface area contributed by atoms with Gasteiger partial charge in [0, 0.05) is 26.1 Å². The fourth-order valence-corrected chi connectivity index (χ4v) is 5.50.